The summed E-state index contributed by atoms with van der Waals surface area (Å²) in [4.78, 5) is 25.8. The summed E-state index contributed by atoms with van der Waals surface area (Å²) >= 11 is 0. The number of nitriles is 1. The minimum absolute atomic E-state index is 0.0909. The van der Waals surface area contributed by atoms with E-state index < -0.39 is 6.04 Å². The minimum atomic E-state index is -0.546. The van der Waals surface area contributed by atoms with E-state index in [0.717, 1.165) is 11.1 Å². The van der Waals surface area contributed by atoms with Gasteiger partial charge < -0.3 is 10.6 Å². The second-order valence-electron chi connectivity index (χ2n) is 7.89. The molecular weight excluding hydrogens is 426 g/mol. The van der Waals surface area contributed by atoms with Crippen LogP contribution in [0.1, 0.15) is 50.4 Å². The van der Waals surface area contributed by atoms with Crippen LogP contribution in [-0.2, 0) is 6.42 Å². The number of amides is 1. The molecule has 0 saturated carbocycles. The highest BCUT2D eigenvalue weighted by atomic mass is 16.1. The lowest BCUT2D eigenvalue weighted by atomic mass is 9.97. The maximum Gasteiger partial charge on any atom is 0.252 e. The van der Waals surface area contributed by atoms with Gasteiger partial charge >= 0.3 is 0 Å². The van der Waals surface area contributed by atoms with Crippen molar-refractivity contribution in [3.63, 3.8) is 0 Å². The number of nitrogens with zero attached hydrogens (tertiary/aromatic N) is 3. The van der Waals surface area contributed by atoms with Gasteiger partial charge in [-0.25, -0.2) is 4.52 Å². The predicted octanol–water partition coefficient (Wildman–Crippen LogP) is 3.71. The quantitative estimate of drug-likeness (QED) is 0.378. The number of Topliss-reactive ketones (excluding diaryl/α,β-unsaturated/α-hetero) is 1. The van der Waals surface area contributed by atoms with Crippen LogP contribution in [0.4, 0.5) is 0 Å². The summed E-state index contributed by atoms with van der Waals surface area (Å²) in [7, 11) is 0. The summed E-state index contributed by atoms with van der Waals surface area (Å²) in [6.45, 7) is 2.98. The zero-order chi connectivity index (χ0) is 23.9. The molecule has 0 saturated heterocycles. The van der Waals surface area contributed by atoms with E-state index in [4.69, 9.17) is 5.26 Å². The minimum Gasteiger partial charge on any atom is -0.352 e. The van der Waals surface area contributed by atoms with Crippen LogP contribution in [0.5, 0.6) is 0 Å². The number of benzene rings is 2. The Kier molecular flexibility index (Phi) is 7.11. The number of pyridine rings is 1. The van der Waals surface area contributed by atoms with Gasteiger partial charge in [0.2, 0.25) is 0 Å². The Labute approximate surface area is 198 Å². The molecule has 1 atom stereocenters. The molecule has 0 spiro atoms. The van der Waals surface area contributed by atoms with Gasteiger partial charge in [-0.1, -0.05) is 42.5 Å². The van der Waals surface area contributed by atoms with Crippen molar-refractivity contribution in [1.29, 1.82) is 5.26 Å². The number of aromatic nitrogens is 2. The molecule has 7 heteroatoms. The van der Waals surface area contributed by atoms with Gasteiger partial charge in [0.1, 0.15) is 0 Å². The van der Waals surface area contributed by atoms with Crippen molar-refractivity contribution in [1.82, 2.24) is 20.2 Å². The van der Waals surface area contributed by atoms with E-state index >= 15 is 0 Å². The standard InChI is InChI=1S/C27H25N5O2/c1-2-29-27(34)22-12-13-24-23(17-31-32(24)18-22)26(33)25(21-6-4-3-5-7-21)30-15-14-19-8-10-20(16-28)11-9-19/h3-13,17-18,25,30H,2,14-15H2,1H3,(H,29,34)/t25-/m0/s1. The van der Waals surface area contributed by atoms with Gasteiger partial charge in [0.15, 0.2) is 5.78 Å². The molecule has 2 heterocycles. The lowest BCUT2D eigenvalue weighted by molar-refractivity contribution is 0.0941. The highest BCUT2D eigenvalue weighted by molar-refractivity contribution is 6.06. The summed E-state index contributed by atoms with van der Waals surface area (Å²) in [6, 6.07) is 22.1. The third-order valence-corrected chi connectivity index (χ3v) is 5.62. The van der Waals surface area contributed by atoms with Gasteiger partial charge in [-0.2, -0.15) is 10.4 Å². The zero-order valence-electron chi connectivity index (χ0n) is 18.9. The third kappa shape index (κ3) is 5.03. The molecule has 0 bridgehead atoms. The first-order valence-electron chi connectivity index (χ1n) is 11.2. The Bertz CT molecular complexity index is 1340. The summed E-state index contributed by atoms with van der Waals surface area (Å²) in [5.41, 5.74) is 4.19. The van der Waals surface area contributed by atoms with Gasteiger partial charge in [0.25, 0.3) is 5.91 Å². The average molecular weight is 452 g/mol. The van der Waals surface area contributed by atoms with Crippen LogP contribution in [-0.4, -0.2) is 34.4 Å². The number of hydrogen-bond donors (Lipinski definition) is 2. The molecule has 34 heavy (non-hydrogen) atoms. The largest absolute Gasteiger partial charge is 0.352 e. The molecule has 7 nitrogen and oxygen atoms in total. The van der Waals surface area contributed by atoms with E-state index in [2.05, 4.69) is 21.8 Å². The van der Waals surface area contributed by atoms with Gasteiger partial charge in [0, 0.05) is 19.3 Å². The first kappa shape index (κ1) is 22.9. The number of carbonyl (C=O) groups is 2. The molecule has 2 N–H and O–H groups in total. The zero-order valence-corrected chi connectivity index (χ0v) is 18.9. The Morgan fingerprint density at radius 2 is 1.82 bits per heavy atom. The summed E-state index contributed by atoms with van der Waals surface area (Å²) in [5.74, 6) is -0.272. The summed E-state index contributed by atoms with van der Waals surface area (Å²) in [5, 5.41) is 19.5. The number of rotatable bonds is 9. The summed E-state index contributed by atoms with van der Waals surface area (Å²) < 4.78 is 1.57. The molecule has 0 fully saturated rings. The van der Waals surface area contributed by atoms with Crippen molar-refractivity contribution >= 4 is 17.2 Å². The highest BCUT2D eigenvalue weighted by Crippen LogP contribution is 2.22. The van der Waals surface area contributed by atoms with Crippen LogP contribution in [0.25, 0.3) is 5.52 Å². The van der Waals surface area contributed by atoms with Crippen molar-refractivity contribution in [2.45, 2.75) is 19.4 Å². The first-order chi connectivity index (χ1) is 16.6. The van der Waals surface area contributed by atoms with E-state index in [-0.39, 0.29) is 11.7 Å². The van der Waals surface area contributed by atoms with Crippen molar-refractivity contribution in [3.8, 4) is 6.07 Å². The fourth-order valence-electron chi connectivity index (χ4n) is 3.84. The van der Waals surface area contributed by atoms with Gasteiger partial charge in [-0.15, -0.1) is 0 Å². The second-order valence-corrected chi connectivity index (χ2v) is 7.89. The van der Waals surface area contributed by atoms with Crippen LogP contribution < -0.4 is 10.6 Å². The highest BCUT2D eigenvalue weighted by Gasteiger charge is 2.24. The summed E-state index contributed by atoms with van der Waals surface area (Å²) in [6.07, 6.45) is 3.90. The predicted molar refractivity (Wildman–Crippen MR) is 130 cm³/mol. The Balaban J connectivity index is 1.56. The third-order valence-electron chi connectivity index (χ3n) is 5.62. The van der Waals surface area contributed by atoms with Crippen molar-refractivity contribution < 1.29 is 9.59 Å². The molecule has 0 aliphatic carbocycles. The van der Waals surface area contributed by atoms with Crippen molar-refractivity contribution in [2.75, 3.05) is 13.1 Å². The number of carbonyl (C=O) groups excluding carboxylic acids is 2. The van der Waals surface area contributed by atoms with Crippen molar-refractivity contribution in [3.05, 3.63) is 107 Å². The topological polar surface area (TPSA) is 99.3 Å². The van der Waals surface area contributed by atoms with E-state index in [1.54, 1.807) is 41.2 Å². The molecule has 2 aromatic carbocycles. The van der Waals surface area contributed by atoms with Crippen LogP contribution in [0, 0.1) is 11.3 Å². The Morgan fingerprint density at radius 3 is 2.53 bits per heavy atom. The average Bonchev–Trinajstić information content (AvgIpc) is 3.31. The molecule has 0 aliphatic rings. The van der Waals surface area contributed by atoms with E-state index in [1.807, 2.05) is 49.4 Å². The maximum absolute atomic E-state index is 13.6. The Hall–Kier alpha value is -4.28. The fourth-order valence-corrected chi connectivity index (χ4v) is 3.84. The molecule has 0 unspecified atom stereocenters. The molecule has 4 rings (SSSR count). The second kappa shape index (κ2) is 10.6. The first-order valence-corrected chi connectivity index (χ1v) is 11.2. The molecule has 0 radical (unpaired) electrons. The van der Waals surface area contributed by atoms with E-state index in [1.165, 1.54) is 0 Å². The molecule has 4 aromatic rings. The van der Waals surface area contributed by atoms with Crippen LogP contribution in [0.3, 0.4) is 0 Å². The molecule has 0 aliphatic heterocycles. The Morgan fingerprint density at radius 1 is 1.06 bits per heavy atom. The molecule has 2 aromatic heterocycles. The van der Waals surface area contributed by atoms with Crippen molar-refractivity contribution in [2.24, 2.45) is 0 Å². The van der Waals surface area contributed by atoms with E-state index in [9.17, 15) is 9.59 Å². The smallest absolute Gasteiger partial charge is 0.252 e. The maximum atomic E-state index is 13.6. The lowest BCUT2D eigenvalue weighted by Gasteiger charge is -2.18. The monoisotopic (exact) mass is 451 g/mol. The van der Waals surface area contributed by atoms with Crippen LogP contribution in [0.15, 0.2) is 79.1 Å². The number of ketones is 1. The number of hydrogen-bond acceptors (Lipinski definition) is 5. The van der Waals surface area contributed by atoms with E-state index in [0.29, 0.717) is 41.7 Å². The van der Waals surface area contributed by atoms with Gasteiger partial charge in [0.05, 0.1) is 40.5 Å². The number of nitrogens with one attached hydrogen (secondary N) is 2. The molecule has 1 amide bonds. The van der Waals surface area contributed by atoms with Crippen LogP contribution in [0.2, 0.25) is 0 Å². The molecule has 170 valence electrons. The van der Waals surface area contributed by atoms with Crippen LogP contribution >= 0.6 is 0 Å². The normalized spacial score (nSPS) is 11.6. The van der Waals surface area contributed by atoms with Gasteiger partial charge in [-0.05, 0) is 48.7 Å². The lowest BCUT2D eigenvalue weighted by Crippen LogP contribution is -2.30. The number of fused-ring (bicyclic) bond motifs is 1. The SMILES string of the molecule is CCNC(=O)c1ccc2c(C(=O)[C@@H](NCCc3ccc(C#N)cc3)c3ccccc3)cnn2c1. The van der Waals surface area contributed by atoms with Gasteiger partial charge in [-0.3, -0.25) is 9.59 Å². The fraction of sp³-hybridized carbons (Fsp3) is 0.185. The molecular formula is C27H25N5O2.